The second kappa shape index (κ2) is 5.92. The zero-order valence-electron chi connectivity index (χ0n) is 11.0. The van der Waals surface area contributed by atoms with E-state index in [0.29, 0.717) is 16.9 Å². The summed E-state index contributed by atoms with van der Waals surface area (Å²) in [7, 11) is 0. The summed E-state index contributed by atoms with van der Waals surface area (Å²) in [5, 5.41) is 0. The summed E-state index contributed by atoms with van der Waals surface area (Å²) >= 11 is 3.36. The molecule has 2 N–H and O–H groups in total. The molecule has 0 unspecified atom stereocenters. The molecule has 0 saturated heterocycles. The summed E-state index contributed by atoms with van der Waals surface area (Å²) in [5.41, 5.74) is 6.57. The van der Waals surface area contributed by atoms with Gasteiger partial charge in [-0.2, -0.15) is 0 Å². The van der Waals surface area contributed by atoms with E-state index >= 15 is 0 Å². The van der Waals surface area contributed by atoms with Gasteiger partial charge in [-0.25, -0.2) is 0 Å². The number of aryl methyl sites for hydroxylation is 2. The molecule has 1 heterocycles. The average Bonchev–Trinajstić information content (AvgIpc) is 2.85. The van der Waals surface area contributed by atoms with Crippen molar-refractivity contribution in [3.05, 3.63) is 57.5 Å². The molecule has 0 aliphatic heterocycles. The molecule has 2 rings (SSSR count). The van der Waals surface area contributed by atoms with Gasteiger partial charge in [-0.05, 0) is 37.6 Å². The summed E-state index contributed by atoms with van der Waals surface area (Å²) < 4.78 is 5.86. The molecule has 6 heteroatoms. The van der Waals surface area contributed by atoms with Gasteiger partial charge >= 0.3 is 0 Å². The van der Waals surface area contributed by atoms with Gasteiger partial charge in [-0.3, -0.25) is 20.4 Å². The minimum Gasteiger partial charge on any atom is -0.469 e. The van der Waals surface area contributed by atoms with Gasteiger partial charge in [-0.1, -0.05) is 22.0 Å². The van der Waals surface area contributed by atoms with Crippen LogP contribution in [0, 0.1) is 13.8 Å². The number of hydrogen-bond acceptors (Lipinski definition) is 3. The van der Waals surface area contributed by atoms with Crippen LogP contribution in [0.1, 0.15) is 32.0 Å². The maximum Gasteiger partial charge on any atom is 0.273 e. The molecular weight excluding hydrogens is 324 g/mol. The Bertz CT molecular complexity index is 664. The van der Waals surface area contributed by atoms with Gasteiger partial charge in [0.2, 0.25) is 0 Å². The van der Waals surface area contributed by atoms with Crippen LogP contribution in [-0.4, -0.2) is 11.8 Å². The van der Waals surface area contributed by atoms with Crippen molar-refractivity contribution in [2.24, 2.45) is 0 Å². The SMILES string of the molecule is Cc1ccc(C(=O)NNC(=O)c2ccoc2C)cc1Br. The maximum absolute atomic E-state index is 11.9. The number of benzene rings is 1. The van der Waals surface area contributed by atoms with Crippen molar-refractivity contribution in [1.82, 2.24) is 10.9 Å². The van der Waals surface area contributed by atoms with E-state index in [9.17, 15) is 9.59 Å². The summed E-state index contributed by atoms with van der Waals surface area (Å²) in [6.45, 7) is 3.60. The number of halogens is 1. The summed E-state index contributed by atoms with van der Waals surface area (Å²) in [5.74, 6) is -0.314. The van der Waals surface area contributed by atoms with Crippen molar-refractivity contribution in [3.8, 4) is 0 Å². The van der Waals surface area contributed by atoms with Crippen molar-refractivity contribution in [2.75, 3.05) is 0 Å². The molecule has 0 aliphatic carbocycles. The zero-order valence-corrected chi connectivity index (χ0v) is 12.6. The van der Waals surface area contributed by atoms with Crippen LogP contribution < -0.4 is 10.9 Å². The van der Waals surface area contributed by atoms with E-state index in [4.69, 9.17) is 4.42 Å². The molecule has 0 atom stereocenters. The Kier molecular flexibility index (Phi) is 4.24. The highest BCUT2D eigenvalue weighted by Gasteiger charge is 2.13. The number of nitrogens with one attached hydrogen (secondary N) is 2. The number of hydrogen-bond donors (Lipinski definition) is 2. The van der Waals surface area contributed by atoms with Crippen molar-refractivity contribution in [1.29, 1.82) is 0 Å². The standard InChI is InChI=1S/C14H13BrN2O3/c1-8-3-4-10(7-12(8)15)13(18)16-17-14(19)11-5-6-20-9(11)2/h3-7H,1-2H3,(H,16,18)(H,17,19). The fraction of sp³-hybridized carbons (Fsp3) is 0.143. The highest BCUT2D eigenvalue weighted by Crippen LogP contribution is 2.17. The monoisotopic (exact) mass is 336 g/mol. The largest absolute Gasteiger partial charge is 0.469 e. The Morgan fingerprint density at radius 1 is 1.10 bits per heavy atom. The van der Waals surface area contributed by atoms with Gasteiger partial charge in [0.15, 0.2) is 0 Å². The lowest BCUT2D eigenvalue weighted by Crippen LogP contribution is -2.41. The molecular formula is C14H13BrN2O3. The van der Waals surface area contributed by atoms with Crippen LogP contribution in [0.4, 0.5) is 0 Å². The minimum absolute atomic E-state index is 0.385. The van der Waals surface area contributed by atoms with Crippen molar-refractivity contribution < 1.29 is 14.0 Å². The molecule has 1 aromatic carbocycles. The minimum atomic E-state index is -0.421. The lowest BCUT2D eigenvalue weighted by molar-refractivity contribution is 0.0845. The van der Waals surface area contributed by atoms with Crippen LogP contribution >= 0.6 is 15.9 Å². The average molecular weight is 337 g/mol. The maximum atomic E-state index is 11.9. The number of furan rings is 1. The van der Waals surface area contributed by atoms with Crippen LogP contribution in [0.2, 0.25) is 0 Å². The molecule has 0 saturated carbocycles. The van der Waals surface area contributed by atoms with Gasteiger partial charge in [0.25, 0.3) is 11.8 Å². The van der Waals surface area contributed by atoms with E-state index in [2.05, 4.69) is 26.8 Å². The molecule has 0 fully saturated rings. The van der Waals surface area contributed by atoms with Crippen LogP contribution in [0.3, 0.4) is 0 Å². The molecule has 0 radical (unpaired) electrons. The van der Waals surface area contributed by atoms with Crippen LogP contribution in [-0.2, 0) is 0 Å². The second-order valence-electron chi connectivity index (χ2n) is 4.26. The molecule has 2 amide bonds. The quantitative estimate of drug-likeness (QED) is 0.828. The predicted octanol–water partition coefficient (Wildman–Crippen LogP) is 2.73. The normalized spacial score (nSPS) is 10.2. The lowest BCUT2D eigenvalue weighted by Gasteiger charge is -2.07. The van der Waals surface area contributed by atoms with Crippen molar-refractivity contribution in [3.63, 3.8) is 0 Å². The van der Waals surface area contributed by atoms with Gasteiger partial charge in [0.1, 0.15) is 5.76 Å². The van der Waals surface area contributed by atoms with E-state index in [1.807, 2.05) is 13.0 Å². The topological polar surface area (TPSA) is 71.3 Å². The number of carbonyl (C=O) groups excluding carboxylic acids is 2. The lowest BCUT2D eigenvalue weighted by atomic mass is 10.1. The predicted molar refractivity (Wildman–Crippen MR) is 77.3 cm³/mol. The van der Waals surface area contributed by atoms with Crippen LogP contribution in [0.15, 0.2) is 39.4 Å². The number of hydrazine groups is 1. The van der Waals surface area contributed by atoms with Crippen molar-refractivity contribution in [2.45, 2.75) is 13.8 Å². The van der Waals surface area contributed by atoms with Gasteiger partial charge in [0, 0.05) is 10.0 Å². The van der Waals surface area contributed by atoms with Gasteiger partial charge in [-0.15, -0.1) is 0 Å². The third-order valence-corrected chi connectivity index (χ3v) is 3.68. The second-order valence-corrected chi connectivity index (χ2v) is 5.12. The van der Waals surface area contributed by atoms with Crippen LogP contribution in [0.25, 0.3) is 0 Å². The fourth-order valence-corrected chi connectivity index (χ4v) is 1.99. The van der Waals surface area contributed by atoms with E-state index in [1.165, 1.54) is 6.26 Å². The Morgan fingerprint density at radius 3 is 2.40 bits per heavy atom. The molecule has 0 aliphatic rings. The number of amides is 2. The van der Waals surface area contributed by atoms with E-state index in [-0.39, 0.29) is 5.91 Å². The Morgan fingerprint density at radius 2 is 1.80 bits per heavy atom. The van der Waals surface area contributed by atoms with E-state index < -0.39 is 5.91 Å². The summed E-state index contributed by atoms with van der Waals surface area (Å²) in [6.07, 6.45) is 1.42. The van der Waals surface area contributed by atoms with Gasteiger partial charge < -0.3 is 4.42 Å². The molecule has 0 bridgehead atoms. The first-order chi connectivity index (χ1) is 9.49. The Labute approximate surface area is 124 Å². The Balaban J connectivity index is 2.00. The Hall–Kier alpha value is -2.08. The molecule has 0 spiro atoms. The first kappa shape index (κ1) is 14.3. The first-order valence-corrected chi connectivity index (χ1v) is 6.69. The summed E-state index contributed by atoms with van der Waals surface area (Å²) in [4.78, 5) is 23.7. The number of carbonyl (C=O) groups is 2. The third kappa shape index (κ3) is 3.08. The highest BCUT2D eigenvalue weighted by molar-refractivity contribution is 9.10. The zero-order chi connectivity index (χ0) is 14.7. The van der Waals surface area contributed by atoms with E-state index in [0.717, 1.165) is 10.0 Å². The van der Waals surface area contributed by atoms with E-state index in [1.54, 1.807) is 25.1 Å². The molecule has 5 nitrogen and oxygen atoms in total. The van der Waals surface area contributed by atoms with Gasteiger partial charge in [0.05, 0.1) is 11.8 Å². The molecule has 2 aromatic rings. The highest BCUT2D eigenvalue weighted by atomic mass is 79.9. The van der Waals surface area contributed by atoms with Crippen molar-refractivity contribution >= 4 is 27.7 Å². The number of rotatable bonds is 2. The first-order valence-electron chi connectivity index (χ1n) is 5.90. The summed E-state index contributed by atoms with van der Waals surface area (Å²) in [6, 6.07) is 6.74. The molecule has 104 valence electrons. The smallest absolute Gasteiger partial charge is 0.273 e. The van der Waals surface area contributed by atoms with Crippen LogP contribution in [0.5, 0.6) is 0 Å². The molecule has 1 aromatic heterocycles. The molecule has 20 heavy (non-hydrogen) atoms. The third-order valence-electron chi connectivity index (χ3n) is 2.83. The fourth-order valence-electron chi connectivity index (χ4n) is 1.61.